The number of piperidine rings is 1. The molecule has 1 amide bonds. The van der Waals surface area contributed by atoms with Crippen LogP contribution in [-0.4, -0.2) is 40.7 Å². The van der Waals surface area contributed by atoms with E-state index in [9.17, 15) is 9.90 Å². The molecule has 2 N–H and O–H groups in total. The molecule has 0 bridgehead atoms. The van der Waals surface area contributed by atoms with Gasteiger partial charge in [0.05, 0.1) is 11.3 Å². The normalized spacial score (nSPS) is 15.3. The molecule has 0 aliphatic carbocycles. The lowest BCUT2D eigenvalue weighted by molar-refractivity contribution is 0.102. The molecule has 1 aliphatic rings. The first-order valence-electron chi connectivity index (χ1n) is 7.90. The average molecular weight is 391 g/mol. The van der Waals surface area contributed by atoms with Crippen LogP contribution in [0.25, 0.3) is 0 Å². The largest absolute Gasteiger partial charge is 0.396 e. The zero-order valence-corrected chi connectivity index (χ0v) is 14.7. The second kappa shape index (κ2) is 7.72. The number of hydrogen-bond donors (Lipinski definition) is 2. The molecule has 2 aromatic heterocycles. The van der Waals surface area contributed by atoms with Gasteiger partial charge in [-0.15, -0.1) is 0 Å². The van der Waals surface area contributed by atoms with E-state index < -0.39 is 0 Å². The van der Waals surface area contributed by atoms with Crippen molar-refractivity contribution < 1.29 is 9.90 Å². The van der Waals surface area contributed by atoms with Gasteiger partial charge in [-0.2, -0.15) is 0 Å². The van der Waals surface area contributed by atoms with Gasteiger partial charge in [-0.3, -0.25) is 9.78 Å². The SMILES string of the molecule is O=C(Nc1cccnc1N1CCC(CO)CC1)c1cncc(Br)c1. The first-order chi connectivity index (χ1) is 11.7. The minimum atomic E-state index is -0.219. The second-order valence-corrected chi connectivity index (χ2v) is 6.75. The summed E-state index contributed by atoms with van der Waals surface area (Å²) >= 11 is 3.32. The van der Waals surface area contributed by atoms with E-state index in [1.165, 1.54) is 6.20 Å². The van der Waals surface area contributed by atoms with Crippen LogP contribution in [0.3, 0.4) is 0 Å². The number of nitrogens with one attached hydrogen (secondary N) is 1. The van der Waals surface area contributed by atoms with Crippen molar-refractivity contribution in [1.29, 1.82) is 0 Å². The van der Waals surface area contributed by atoms with Crippen LogP contribution in [0, 0.1) is 5.92 Å². The van der Waals surface area contributed by atoms with Crippen LogP contribution in [0.2, 0.25) is 0 Å². The molecule has 0 radical (unpaired) electrons. The molecule has 2 aromatic rings. The number of aromatic nitrogens is 2. The smallest absolute Gasteiger partial charge is 0.257 e. The number of halogens is 1. The lowest BCUT2D eigenvalue weighted by atomic mass is 9.98. The van der Waals surface area contributed by atoms with Gasteiger partial charge < -0.3 is 15.3 Å². The van der Waals surface area contributed by atoms with Crippen LogP contribution < -0.4 is 10.2 Å². The molecule has 3 heterocycles. The molecule has 3 rings (SSSR count). The number of pyridine rings is 2. The highest BCUT2D eigenvalue weighted by Crippen LogP contribution is 2.28. The summed E-state index contributed by atoms with van der Waals surface area (Å²) in [4.78, 5) is 23.1. The maximum Gasteiger partial charge on any atom is 0.257 e. The van der Waals surface area contributed by atoms with E-state index in [0.717, 1.165) is 36.2 Å². The van der Waals surface area contributed by atoms with Gasteiger partial charge in [0.25, 0.3) is 5.91 Å². The number of amides is 1. The van der Waals surface area contributed by atoms with Crippen LogP contribution in [0.15, 0.2) is 41.3 Å². The summed E-state index contributed by atoms with van der Waals surface area (Å²) < 4.78 is 0.757. The van der Waals surface area contributed by atoms with Crippen LogP contribution in [0.4, 0.5) is 11.5 Å². The number of rotatable bonds is 4. The summed E-state index contributed by atoms with van der Waals surface area (Å²) in [7, 11) is 0. The predicted octanol–water partition coefficient (Wildman–Crippen LogP) is 2.70. The highest BCUT2D eigenvalue weighted by molar-refractivity contribution is 9.10. The Bertz CT molecular complexity index is 717. The third kappa shape index (κ3) is 3.91. The zero-order chi connectivity index (χ0) is 16.9. The Labute approximate surface area is 149 Å². The van der Waals surface area contributed by atoms with Crippen molar-refractivity contribution >= 4 is 33.3 Å². The Hall–Kier alpha value is -1.99. The average Bonchev–Trinajstić information content (AvgIpc) is 2.62. The van der Waals surface area contributed by atoms with Crippen LogP contribution >= 0.6 is 15.9 Å². The Balaban J connectivity index is 1.76. The minimum absolute atomic E-state index is 0.219. The maximum atomic E-state index is 12.4. The number of carbonyl (C=O) groups is 1. The van der Waals surface area contributed by atoms with E-state index in [2.05, 4.69) is 36.1 Å². The molecule has 1 saturated heterocycles. The fraction of sp³-hybridized carbons (Fsp3) is 0.353. The highest BCUT2D eigenvalue weighted by atomic mass is 79.9. The zero-order valence-electron chi connectivity index (χ0n) is 13.2. The van der Waals surface area contributed by atoms with Crippen molar-refractivity contribution in [3.63, 3.8) is 0 Å². The van der Waals surface area contributed by atoms with E-state index in [1.807, 2.05) is 6.07 Å². The standard InChI is InChI=1S/C17H19BrN4O2/c18-14-8-13(9-19-10-14)17(24)21-15-2-1-5-20-16(15)22-6-3-12(11-23)4-7-22/h1-2,5,8-10,12,23H,3-4,6-7,11H2,(H,21,24). The molecular formula is C17H19BrN4O2. The molecule has 6 nitrogen and oxygen atoms in total. The summed E-state index contributed by atoms with van der Waals surface area (Å²) in [6.45, 7) is 1.88. The van der Waals surface area contributed by atoms with Crippen LogP contribution in [-0.2, 0) is 0 Å². The molecule has 126 valence electrons. The summed E-state index contributed by atoms with van der Waals surface area (Å²) in [5.41, 5.74) is 1.17. The summed E-state index contributed by atoms with van der Waals surface area (Å²) in [5, 5.41) is 12.2. The van der Waals surface area contributed by atoms with E-state index in [0.29, 0.717) is 17.2 Å². The van der Waals surface area contributed by atoms with Gasteiger partial charge in [0.15, 0.2) is 5.82 Å². The molecule has 24 heavy (non-hydrogen) atoms. The maximum absolute atomic E-state index is 12.4. The van der Waals surface area contributed by atoms with E-state index in [-0.39, 0.29) is 12.5 Å². The molecule has 0 spiro atoms. The number of nitrogens with zero attached hydrogens (tertiary/aromatic N) is 3. The Morgan fingerprint density at radius 3 is 2.88 bits per heavy atom. The number of hydrogen-bond acceptors (Lipinski definition) is 5. The van der Waals surface area contributed by atoms with Crippen molar-refractivity contribution in [1.82, 2.24) is 9.97 Å². The van der Waals surface area contributed by atoms with Crippen molar-refractivity contribution in [2.24, 2.45) is 5.92 Å². The fourth-order valence-corrected chi connectivity index (χ4v) is 3.17. The van der Waals surface area contributed by atoms with E-state index in [1.54, 1.807) is 24.5 Å². The van der Waals surface area contributed by atoms with Gasteiger partial charge in [-0.25, -0.2) is 4.98 Å². The van der Waals surface area contributed by atoms with Crippen molar-refractivity contribution in [3.05, 3.63) is 46.8 Å². The summed E-state index contributed by atoms with van der Waals surface area (Å²) in [6.07, 6.45) is 6.75. The Morgan fingerprint density at radius 1 is 1.38 bits per heavy atom. The number of anilines is 2. The molecule has 7 heteroatoms. The molecule has 1 fully saturated rings. The minimum Gasteiger partial charge on any atom is -0.396 e. The van der Waals surface area contributed by atoms with Crippen molar-refractivity contribution in [3.8, 4) is 0 Å². The van der Waals surface area contributed by atoms with Crippen molar-refractivity contribution in [2.45, 2.75) is 12.8 Å². The summed E-state index contributed by atoms with van der Waals surface area (Å²) in [6, 6.07) is 5.38. The fourth-order valence-electron chi connectivity index (χ4n) is 2.80. The topological polar surface area (TPSA) is 78.4 Å². The van der Waals surface area contributed by atoms with Gasteiger partial charge in [-0.1, -0.05) is 0 Å². The van der Waals surface area contributed by atoms with Gasteiger partial charge in [0.1, 0.15) is 0 Å². The van der Waals surface area contributed by atoms with Crippen molar-refractivity contribution in [2.75, 3.05) is 29.9 Å². The van der Waals surface area contributed by atoms with Gasteiger partial charge >= 0.3 is 0 Å². The number of aliphatic hydroxyl groups is 1. The third-order valence-electron chi connectivity index (χ3n) is 4.17. The third-order valence-corrected chi connectivity index (χ3v) is 4.61. The molecule has 0 atom stereocenters. The van der Waals surface area contributed by atoms with Crippen LogP contribution in [0.5, 0.6) is 0 Å². The Morgan fingerprint density at radius 2 is 2.17 bits per heavy atom. The summed E-state index contributed by atoms with van der Waals surface area (Å²) in [5.74, 6) is 0.907. The number of aliphatic hydroxyl groups excluding tert-OH is 1. The van der Waals surface area contributed by atoms with Gasteiger partial charge in [0.2, 0.25) is 0 Å². The predicted molar refractivity (Wildman–Crippen MR) is 96.2 cm³/mol. The van der Waals surface area contributed by atoms with Crippen LogP contribution in [0.1, 0.15) is 23.2 Å². The lowest BCUT2D eigenvalue weighted by Crippen LogP contribution is -2.35. The molecular weight excluding hydrogens is 372 g/mol. The first-order valence-corrected chi connectivity index (χ1v) is 8.69. The molecule has 0 unspecified atom stereocenters. The Kier molecular flexibility index (Phi) is 5.42. The van der Waals surface area contributed by atoms with Gasteiger partial charge in [0, 0.05) is 42.8 Å². The quantitative estimate of drug-likeness (QED) is 0.838. The highest BCUT2D eigenvalue weighted by Gasteiger charge is 2.22. The molecule has 1 aliphatic heterocycles. The van der Waals surface area contributed by atoms with E-state index in [4.69, 9.17) is 0 Å². The molecule has 0 aromatic carbocycles. The molecule has 0 saturated carbocycles. The lowest BCUT2D eigenvalue weighted by Gasteiger charge is -2.33. The van der Waals surface area contributed by atoms with Gasteiger partial charge in [-0.05, 0) is 52.9 Å². The monoisotopic (exact) mass is 390 g/mol. The number of carbonyl (C=O) groups excluding carboxylic acids is 1. The van der Waals surface area contributed by atoms with E-state index >= 15 is 0 Å². The first kappa shape index (κ1) is 16.9. The second-order valence-electron chi connectivity index (χ2n) is 5.83.